The maximum atomic E-state index is 6.38. The van der Waals surface area contributed by atoms with Crippen LogP contribution in [0.1, 0.15) is 29.7 Å². The number of hydrogen-bond acceptors (Lipinski definition) is 3. The Labute approximate surface area is 130 Å². The SMILES string of the molecule is CN1CCc2cc(-c3nc(Cl)c4c(n3)CCCC4)ccc21. The maximum absolute atomic E-state index is 6.38. The quantitative estimate of drug-likeness (QED) is 0.752. The fourth-order valence-corrected chi connectivity index (χ4v) is 3.67. The fraction of sp³-hybridized carbons (Fsp3) is 0.412. The van der Waals surface area contributed by atoms with E-state index in [0.717, 1.165) is 48.5 Å². The molecule has 0 radical (unpaired) electrons. The Kier molecular flexibility index (Phi) is 3.11. The number of rotatable bonds is 1. The summed E-state index contributed by atoms with van der Waals surface area (Å²) in [5.74, 6) is 0.776. The van der Waals surface area contributed by atoms with Gasteiger partial charge in [0.25, 0.3) is 0 Å². The topological polar surface area (TPSA) is 29.0 Å². The molecule has 0 saturated carbocycles. The van der Waals surface area contributed by atoms with Gasteiger partial charge in [0.05, 0.1) is 0 Å². The summed E-state index contributed by atoms with van der Waals surface area (Å²) in [6.45, 7) is 1.09. The molecule has 2 aliphatic rings. The molecule has 1 aliphatic carbocycles. The number of likely N-dealkylation sites (N-methyl/N-ethyl adjacent to an activating group) is 1. The van der Waals surface area contributed by atoms with Crippen molar-refractivity contribution in [3.63, 3.8) is 0 Å². The summed E-state index contributed by atoms with van der Waals surface area (Å²) in [6, 6.07) is 6.51. The predicted molar refractivity (Wildman–Crippen MR) is 86.1 cm³/mol. The molecular weight excluding hydrogens is 282 g/mol. The van der Waals surface area contributed by atoms with E-state index in [9.17, 15) is 0 Å². The van der Waals surface area contributed by atoms with Gasteiger partial charge in [-0.1, -0.05) is 11.6 Å². The van der Waals surface area contributed by atoms with Crippen molar-refractivity contribution in [3.8, 4) is 11.4 Å². The summed E-state index contributed by atoms with van der Waals surface area (Å²) in [5, 5.41) is 0.646. The Bertz CT molecular complexity index is 711. The molecular formula is C17H18ClN3. The first kappa shape index (κ1) is 13.1. The first-order valence-corrected chi connectivity index (χ1v) is 8.00. The van der Waals surface area contributed by atoms with Crippen LogP contribution < -0.4 is 4.90 Å². The van der Waals surface area contributed by atoms with E-state index >= 15 is 0 Å². The molecule has 0 bridgehead atoms. The first-order valence-electron chi connectivity index (χ1n) is 7.62. The van der Waals surface area contributed by atoms with Gasteiger partial charge in [0.15, 0.2) is 5.82 Å². The minimum absolute atomic E-state index is 0.646. The van der Waals surface area contributed by atoms with Crippen LogP contribution in [0.2, 0.25) is 5.15 Å². The van der Waals surface area contributed by atoms with Crippen LogP contribution in [0.15, 0.2) is 18.2 Å². The highest BCUT2D eigenvalue weighted by molar-refractivity contribution is 6.30. The minimum atomic E-state index is 0.646. The van der Waals surface area contributed by atoms with Gasteiger partial charge in [-0.05, 0) is 55.9 Å². The van der Waals surface area contributed by atoms with Crippen LogP contribution in [-0.2, 0) is 19.3 Å². The van der Waals surface area contributed by atoms with Crippen LogP contribution in [0.4, 0.5) is 5.69 Å². The van der Waals surface area contributed by atoms with Gasteiger partial charge in [-0.25, -0.2) is 9.97 Å². The highest BCUT2D eigenvalue weighted by Gasteiger charge is 2.20. The smallest absolute Gasteiger partial charge is 0.161 e. The Balaban J connectivity index is 1.79. The van der Waals surface area contributed by atoms with E-state index in [0.29, 0.717) is 5.15 Å². The van der Waals surface area contributed by atoms with Gasteiger partial charge in [-0.3, -0.25) is 0 Å². The van der Waals surface area contributed by atoms with Gasteiger partial charge in [0.1, 0.15) is 5.15 Å². The van der Waals surface area contributed by atoms with Gasteiger partial charge in [0, 0.05) is 36.1 Å². The number of hydrogen-bond donors (Lipinski definition) is 0. The second kappa shape index (κ2) is 4.99. The minimum Gasteiger partial charge on any atom is -0.374 e. The summed E-state index contributed by atoms with van der Waals surface area (Å²) in [4.78, 5) is 11.6. The summed E-state index contributed by atoms with van der Waals surface area (Å²) in [7, 11) is 2.14. The molecule has 4 heteroatoms. The van der Waals surface area contributed by atoms with E-state index in [4.69, 9.17) is 16.6 Å². The first-order chi connectivity index (χ1) is 10.2. The molecule has 4 rings (SSSR count). The molecule has 3 nitrogen and oxygen atoms in total. The van der Waals surface area contributed by atoms with Crippen molar-refractivity contribution >= 4 is 17.3 Å². The zero-order valence-corrected chi connectivity index (χ0v) is 13.0. The molecule has 0 spiro atoms. The van der Waals surface area contributed by atoms with Gasteiger partial charge in [-0.2, -0.15) is 0 Å². The Morgan fingerprint density at radius 1 is 1.10 bits per heavy atom. The van der Waals surface area contributed by atoms with E-state index in [1.165, 1.54) is 24.1 Å². The van der Waals surface area contributed by atoms with Crippen LogP contribution in [0, 0.1) is 0 Å². The third-order valence-electron chi connectivity index (χ3n) is 4.60. The summed E-state index contributed by atoms with van der Waals surface area (Å²) in [6.07, 6.45) is 5.54. The van der Waals surface area contributed by atoms with Gasteiger partial charge < -0.3 is 4.90 Å². The number of aryl methyl sites for hydroxylation is 1. The average Bonchev–Trinajstić information content (AvgIpc) is 2.88. The standard InChI is InChI=1S/C17H18ClN3/c1-21-9-8-11-10-12(6-7-15(11)21)17-19-14-5-3-2-4-13(14)16(18)20-17/h6-7,10H,2-5,8-9H2,1H3. The number of nitrogens with zero attached hydrogens (tertiary/aromatic N) is 3. The molecule has 1 aliphatic heterocycles. The zero-order chi connectivity index (χ0) is 14.4. The second-order valence-electron chi connectivity index (χ2n) is 5.99. The molecule has 0 fully saturated rings. The van der Waals surface area contributed by atoms with Crippen molar-refractivity contribution in [2.24, 2.45) is 0 Å². The van der Waals surface area contributed by atoms with Crippen LogP contribution in [-0.4, -0.2) is 23.6 Å². The van der Waals surface area contributed by atoms with Crippen molar-refractivity contribution in [2.45, 2.75) is 32.1 Å². The third-order valence-corrected chi connectivity index (χ3v) is 4.91. The molecule has 0 atom stereocenters. The van der Waals surface area contributed by atoms with Crippen LogP contribution in [0.5, 0.6) is 0 Å². The molecule has 0 unspecified atom stereocenters. The predicted octanol–water partition coefficient (Wildman–Crippen LogP) is 3.67. The van der Waals surface area contributed by atoms with Crippen molar-refractivity contribution < 1.29 is 0 Å². The monoisotopic (exact) mass is 299 g/mol. The molecule has 1 aromatic carbocycles. The summed E-state index contributed by atoms with van der Waals surface area (Å²) >= 11 is 6.38. The van der Waals surface area contributed by atoms with E-state index in [2.05, 4.69) is 35.1 Å². The van der Waals surface area contributed by atoms with Gasteiger partial charge in [-0.15, -0.1) is 0 Å². The molecule has 108 valence electrons. The lowest BCUT2D eigenvalue weighted by atomic mass is 9.97. The van der Waals surface area contributed by atoms with Crippen LogP contribution in [0.25, 0.3) is 11.4 Å². The Morgan fingerprint density at radius 3 is 2.86 bits per heavy atom. The lowest BCUT2D eigenvalue weighted by molar-refractivity contribution is 0.663. The molecule has 2 aromatic rings. The normalized spacial score (nSPS) is 16.8. The number of anilines is 1. The second-order valence-corrected chi connectivity index (χ2v) is 6.34. The average molecular weight is 300 g/mol. The fourth-order valence-electron chi connectivity index (χ4n) is 3.38. The van der Waals surface area contributed by atoms with Crippen LogP contribution in [0.3, 0.4) is 0 Å². The van der Waals surface area contributed by atoms with E-state index < -0.39 is 0 Å². The Morgan fingerprint density at radius 2 is 1.95 bits per heavy atom. The highest BCUT2D eigenvalue weighted by atomic mass is 35.5. The summed E-state index contributed by atoms with van der Waals surface area (Å²) < 4.78 is 0. The van der Waals surface area contributed by atoms with Gasteiger partial charge >= 0.3 is 0 Å². The third kappa shape index (κ3) is 2.20. The zero-order valence-electron chi connectivity index (χ0n) is 12.2. The van der Waals surface area contributed by atoms with Gasteiger partial charge in [0.2, 0.25) is 0 Å². The van der Waals surface area contributed by atoms with E-state index in [1.807, 2.05) is 0 Å². The number of aromatic nitrogens is 2. The molecule has 0 saturated heterocycles. The van der Waals surface area contributed by atoms with Crippen molar-refractivity contribution in [1.29, 1.82) is 0 Å². The van der Waals surface area contributed by atoms with E-state index in [1.54, 1.807) is 0 Å². The van der Waals surface area contributed by atoms with Crippen LogP contribution >= 0.6 is 11.6 Å². The molecule has 0 amide bonds. The van der Waals surface area contributed by atoms with Crippen molar-refractivity contribution in [1.82, 2.24) is 9.97 Å². The van der Waals surface area contributed by atoms with Crippen molar-refractivity contribution in [3.05, 3.63) is 40.2 Å². The molecule has 21 heavy (non-hydrogen) atoms. The molecule has 0 N–H and O–H groups in total. The lowest BCUT2D eigenvalue weighted by Crippen LogP contribution is -2.12. The Hall–Kier alpha value is -1.61. The molecule has 1 aromatic heterocycles. The number of fused-ring (bicyclic) bond motifs is 2. The largest absolute Gasteiger partial charge is 0.374 e. The molecule has 2 heterocycles. The van der Waals surface area contributed by atoms with Crippen molar-refractivity contribution in [2.75, 3.05) is 18.5 Å². The maximum Gasteiger partial charge on any atom is 0.161 e. The van der Waals surface area contributed by atoms with E-state index in [-0.39, 0.29) is 0 Å². The number of halogens is 1. The highest BCUT2D eigenvalue weighted by Crippen LogP contribution is 2.32. The number of benzene rings is 1. The lowest BCUT2D eigenvalue weighted by Gasteiger charge is -2.17. The summed E-state index contributed by atoms with van der Waals surface area (Å²) in [5.41, 5.74) is 6.09.